The Morgan fingerprint density at radius 3 is 2.31 bits per heavy atom. The molecule has 5 heteroatoms. The maximum atomic E-state index is 11.7. The van der Waals surface area contributed by atoms with Gasteiger partial charge >= 0.3 is 0 Å². The Kier molecular flexibility index (Phi) is 2.70. The van der Waals surface area contributed by atoms with E-state index in [2.05, 4.69) is 5.32 Å². The predicted octanol–water partition coefficient (Wildman–Crippen LogP) is 0.317. The van der Waals surface area contributed by atoms with Crippen LogP contribution < -0.4 is 11.1 Å². The highest BCUT2D eigenvalue weighted by molar-refractivity contribution is 5.95. The first-order valence-corrected chi connectivity index (χ1v) is 5.14. The highest BCUT2D eigenvalue weighted by Crippen LogP contribution is 2.22. The normalized spacial score (nSPS) is 23.6. The summed E-state index contributed by atoms with van der Waals surface area (Å²) in [6.45, 7) is 0. The van der Waals surface area contributed by atoms with Gasteiger partial charge in [0.25, 0.3) is 5.91 Å². The average Bonchev–Trinajstić information content (AvgIpc) is 2.13. The fraction of sp³-hybridized carbons (Fsp3) is 0.364. The van der Waals surface area contributed by atoms with Gasteiger partial charge in [0.2, 0.25) is 0 Å². The summed E-state index contributed by atoms with van der Waals surface area (Å²) >= 11 is 0. The molecule has 1 aromatic carbocycles. The highest BCUT2D eigenvalue weighted by atomic mass is 16.3. The lowest BCUT2D eigenvalue weighted by Gasteiger charge is -2.32. The minimum Gasteiger partial charge on any atom is -0.508 e. The fourth-order valence-electron chi connectivity index (χ4n) is 1.77. The molecule has 86 valence electrons. The molecule has 16 heavy (non-hydrogen) atoms. The number of carbonyl (C=O) groups excluding carboxylic acids is 1. The Balaban J connectivity index is 2.03. The molecule has 2 rings (SSSR count). The van der Waals surface area contributed by atoms with Crippen molar-refractivity contribution in [1.29, 1.82) is 0 Å². The van der Waals surface area contributed by atoms with E-state index in [1.807, 2.05) is 0 Å². The molecule has 0 atom stereocenters. The summed E-state index contributed by atoms with van der Waals surface area (Å²) in [5, 5.41) is 21.2. The maximum absolute atomic E-state index is 11.7. The van der Waals surface area contributed by atoms with E-state index in [9.17, 15) is 15.0 Å². The summed E-state index contributed by atoms with van der Waals surface area (Å²) in [5.41, 5.74) is 5.85. The predicted molar refractivity (Wildman–Crippen MR) is 58.2 cm³/mol. The van der Waals surface area contributed by atoms with Crippen molar-refractivity contribution in [2.75, 3.05) is 0 Å². The van der Waals surface area contributed by atoms with Crippen LogP contribution in [0.25, 0.3) is 0 Å². The first-order valence-electron chi connectivity index (χ1n) is 5.14. The zero-order chi connectivity index (χ0) is 11.7. The summed E-state index contributed by atoms with van der Waals surface area (Å²) in [6.07, 6.45) is 1.55. The van der Waals surface area contributed by atoms with Crippen molar-refractivity contribution in [2.24, 2.45) is 5.73 Å². The van der Waals surface area contributed by atoms with E-state index in [1.54, 1.807) is 0 Å². The molecule has 5 nitrogen and oxygen atoms in total. The van der Waals surface area contributed by atoms with E-state index >= 15 is 0 Å². The average molecular weight is 222 g/mol. The van der Waals surface area contributed by atoms with Crippen LogP contribution in [0.5, 0.6) is 11.5 Å². The van der Waals surface area contributed by atoms with Gasteiger partial charge < -0.3 is 21.3 Å². The SMILES string of the molecule is NC1CC(NC(=O)c2cc(O)cc(O)c2)C1. The van der Waals surface area contributed by atoms with Crippen LogP contribution in [0.1, 0.15) is 23.2 Å². The molecule has 1 aliphatic carbocycles. The molecule has 0 heterocycles. The molecule has 0 radical (unpaired) electrons. The second-order valence-electron chi connectivity index (χ2n) is 4.14. The van der Waals surface area contributed by atoms with Crippen LogP contribution in [-0.4, -0.2) is 28.2 Å². The Morgan fingerprint density at radius 2 is 1.81 bits per heavy atom. The molecule has 1 aliphatic rings. The third-order valence-corrected chi connectivity index (χ3v) is 2.67. The first-order chi connectivity index (χ1) is 7.54. The molecule has 1 aromatic rings. The van der Waals surface area contributed by atoms with Crippen LogP contribution >= 0.6 is 0 Å². The van der Waals surface area contributed by atoms with Crippen molar-refractivity contribution in [2.45, 2.75) is 24.9 Å². The van der Waals surface area contributed by atoms with Gasteiger partial charge in [0, 0.05) is 23.7 Å². The third kappa shape index (κ3) is 2.25. The Hall–Kier alpha value is -1.75. The van der Waals surface area contributed by atoms with Gasteiger partial charge in [-0.1, -0.05) is 0 Å². The number of rotatable bonds is 2. The van der Waals surface area contributed by atoms with Gasteiger partial charge in [-0.15, -0.1) is 0 Å². The molecule has 0 spiro atoms. The largest absolute Gasteiger partial charge is 0.508 e. The van der Waals surface area contributed by atoms with Crippen molar-refractivity contribution in [3.05, 3.63) is 23.8 Å². The Bertz CT molecular complexity index is 393. The van der Waals surface area contributed by atoms with Crippen LogP contribution in [0.4, 0.5) is 0 Å². The van der Waals surface area contributed by atoms with E-state index in [0.29, 0.717) is 0 Å². The number of phenols is 2. The van der Waals surface area contributed by atoms with Gasteiger partial charge in [-0.25, -0.2) is 0 Å². The number of hydrogen-bond acceptors (Lipinski definition) is 4. The summed E-state index contributed by atoms with van der Waals surface area (Å²) in [7, 11) is 0. The van der Waals surface area contributed by atoms with E-state index in [-0.39, 0.29) is 35.1 Å². The van der Waals surface area contributed by atoms with Crippen LogP contribution in [0.3, 0.4) is 0 Å². The molecule has 5 N–H and O–H groups in total. The number of aromatic hydroxyl groups is 2. The smallest absolute Gasteiger partial charge is 0.251 e. The number of carbonyl (C=O) groups is 1. The molecule has 0 bridgehead atoms. The number of benzene rings is 1. The van der Waals surface area contributed by atoms with Gasteiger partial charge in [0.05, 0.1) is 0 Å². The zero-order valence-electron chi connectivity index (χ0n) is 8.68. The van der Waals surface area contributed by atoms with Gasteiger partial charge in [-0.05, 0) is 25.0 Å². The molecule has 1 saturated carbocycles. The summed E-state index contributed by atoms with van der Waals surface area (Å²) in [6, 6.07) is 4.08. The monoisotopic (exact) mass is 222 g/mol. The molecular formula is C11H14N2O3. The highest BCUT2D eigenvalue weighted by Gasteiger charge is 2.27. The van der Waals surface area contributed by atoms with Crippen LogP contribution in [0.2, 0.25) is 0 Å². The topological polar surface area (TPSA) is 95.6 Å². The quantitative estimate of drug-likeness (QED) is 0.579. The Labute approximate surface area is 92.9 Å². The lowest BCUT2D eigenvalue weighted by atomic mass is 9.87. The maximum Gasteiger partial charge on any atom is 0.251 e. The molecule has 1 fully saturated rings. The zero-order valence-corrected chi connectivity index (χ0v) is 8.68. The van der Waals surface area contributed by atoms with Crippen molar-refractivity contribution < 1.29 is 15.0 Å². The van der Waals surface area contributed by atoms with Gasteiger partial charge in [0.1, 0.15) is 11.5 Å². The molecule has 0 saturated heterocycles. The van der Waals surface area contributed by atoms with E-state index < -0.39 is 0 Å². The lowest BCUT2D eigenvalue weighted by Crippen LogP contribution is -2.50. The standard InChI is InChI=1S/C11H14N2O3/c12-7-3-8(4-7)13-11(16)6-1-9(14)5-10(15)2-6/h1-2,5,7-8,14-15H,3-4,12H2,(H,13,16). The summed E-state index contributed by atoms with van der Waals surface area (Å²) < 4.78 is 0. The van der Waals surface area contributed by atoms with E-state index in [0.717, 1.165) is 12.8 Å². The molecule has 0 aliphatic heterocycles. The first kappa shape index (κ1) is 10.8. The van der Waals surface area contributed by atoms with E-state index in [4.69, 9.17) is 5.73 Å². The number of hydrogen-bond donors (Lipinski definition) is 4. The second-order valence-corrected chi connectivity index (χ2v) is 4.14. The molecule has 1 amide bonds. The van der Waals surface area contributed by atoms with Crippen molar-refractivity contribution >= 4 is 5.91 Å². The third-order valence-electron chi connectivity index (χ3n) is 2.67. The van der Waals surface area contributed by atoms with Gasteiger partial charge in [-0.2, -0.15) is 0 Å². The number of amides is 1. The molecular weight excluding hydrogens is 208 g/mol. The summed E-state index contributed by atoms with van der Waals surface area (Å²) in [4.78, 5) is 11.7. The molecule has 0 aromatic heterocycles. The second kappa shape index (κ2) is 4.02. The van der Waals surface area contributed by atoms with Crippen molar-refractivity contribution in [3.63, 3.8) is 0 Å². The molecule has 0 unspecified atom stereocenters. The Morgan fingerprint density at radius 1 is 1.25 bits per heavy atom. The van der Waals surface area contributed by atoms with E-state index in [1.165, 1.54) is 18.2 Å². The van der Waals surface area contributed by atoms with Crippen LogP contribution in [0.15, 0.2) is 18.2 Å². The fourth-order valence-corrected chi connectivity index (χ4v) is 1.77. The minimum atomic E-state index is -0.303. The van der Waals surface area contributed by atoms with Crippen molar-refractivity contribution in [3.8, 4) is 11.5 Å². The summed E-state index contributed by atoms with van der Waals surface area (Å²) in [5.74, 6) is -0.561. The number of nitrogens with one attached hydrogen (secondary N) is 1. The number of phenolic OH excluding ortho intramolecular Hbond substituents is 2. The van der Waals surface area contributed by atoms with Crippen molar-refractivity contribution in [1.82, 2.24) is 5.32 Å². The lowest BCUT2D eigenvalue weighted by molar-refractivity contribution is 0.0909. The van der Waals surface area contributed by atoms with Crippen LogP contribution in [0, 0.1) is 0 Å². The minimum absolute atomic E-state index is 0.104. The van der Waals surface area contributed by atoms with Crippen LogP contribution in [-0.2, 0) is 0 Å². The number of nitrogens with two attached hydrogens (primary N) is 1. The van der Waals surface area contributed by atoms with Gasteiger partial charge in [-0.3, -0.25) is 4.79 Å². The van der Waals surface area contributed by atoms with Gasteiger partial charge in [0.15, 0.2) is 0 Å².